The van der Waals surface area contributed by atoms with Gasteiger partial charge >= 0.3 is 11.7 Å². The minimum atomic E-state index is -0.320. The quantitative estimate of drug-likeness (QED) is 0.349. The van der Waals surface area contributed by atoms with Gasteiger partial charge < -0.3 is 9.57 Å². The van der Waals surface area contributed by atoms with Crippen LogP contribution in [0.1, 0.15) is 35.3 Å². The summed E-state index contributed by atoms with van der Waals surface area (Å²) in [6.45, 7) is 3.51. The number of rotatable bonds is 7. The molecule has 0 aliphatic rings. The number of benzene rings is 2. The van der Waals surface area contributed by atoms with Crippen LogP contribution in [-0.2, 0) is 18.5 Å². The lowest BCUT2D eigenvalue weighted by atomic mass is 10.1. The van der Waals surface area contributed by atoms with Gasteiger partial charge in [0.25, 0.3) is 0 Å². The van der Waals surface area contributed by atoms with E-state index in [1.54, 1.807) is 25.2 Å². The summed E-state index contributed by atoms with van der Waals surface area (Å²) in [5.41, 5.74) is 3.22. The second kappa shape index (κ2) is 8.55. The van der Waals surface area contributed by atoms with Crippen LogP contribution in [0.4, 0.5) is 0 Å². The number of aryl methyl sites for hydroxylation is 1. The molecular formula is C21H22N4O4. The number of nitrogens with zero attached hydrogens (tertiary/aromatic N) is 4. The van der Waals surface area contributed by atoms with Crippen LogP contribution < -0.4 is 10.4 Å². The Balaban J connectivity index is 1.81. The molecule has 0 aliphatic heterocycles. The van der Waals surface area contributed by atoms with E-state index in [4.69, 9.17) is 9.57 Å². The van der Waals surface area contributed by atoms with E-state index in [0.717, 1.165) is 11.1 Å². The van der Waals surface area contributed by atoms with Crippen molar-refractivity contribution in [2.24, 2.45) is 12.2 Å². The van der Waals surface area contributed by atoms with Gasteiger partial charge in [0.1, 0.15) is 6.61 Å². The first-order chi connectivity index (χ1) is 13.9. The van der Waals surface area contributed by atoms with Gasteiger partial charge in [0.15, 0.2) is 5.78 Å². The maximum Gasteiger partial charge on any atom is 0.353 e. The number of para-hydroxylation sites is 1. The molecule has 8 heteroatoms. The average molecular weight is 394 g/mol. The standard InChI is InChI=1S/C21H22N4O4/c1-14(16-9-11-17(12-10-16)15(2)26)23-29-13-18-7-5-6-8-19(18)25-20(28-4)22-24(3)21(25)27/h5-12H,13H2,1-4H3/b23-14+. The molecule has 2 aromatic carbocycles. The maximum atomic E-state index is 12.4. The normalized spacial score (nSPS) is 11.4. The SMILES string of the molecule is COc1nn(C)c(=O)n1-c1ccccc1CO/N=C(\C)c1ccc(C(C)=O)cc1. The Bertz CT molecular complexity index is 1110. The zero-order chi connectivity index (χ0) is 21.0. The lowest BCUT2D eigenvalue weighted by Crippen LogP contribution is -2.22. The first-order valence-electron chi connectivity index (χ1n) is 8.98. The Hall–Kier alpha value is -3.68. The summed E-state index contributed by atoms with van der Waals surface area (Å²) in [6.07, 6.45) is 0. The van der Waals surface area contributed by atoms with Gasteiger partial charge in [-0.1, -0.05) is 47.6 Å². The van der Waals surface area contributed by atoms with Crippen LogP contribution in [0.15, 0.2) is 58.5 Å². The number of hydrogen-bond acceptors (Lipinski definition) is 6. The largest absolute Gasteiger partial charge is 0.467 e. The molecule has 0 spiro atoms. The molecule has 0 fully saturated rings. The second-order valence-electron chi connectivity index (χ2n) is 6.44. The minimum Gasteiger partial charge on any atom is -0.467 e. The van der Waals surface area contributed by atoms with Crippen molar-refractivity contribution >= 4 is 11.5 Å². The van der Waals surface area contributed by atoms with Crippen molar-refractivity contribution < 1.29 is 14.4 Å². The van der Waals surface area contributed by atoms with E-state index in [2.05, 4.69) is 10.3 Å². The summed E-state index contributed by atoms with van der Waals surface area (Å²) in [4.78, 5) is 29.3. The molecule has 0 unspecified atom stereocenters. The van der Waals surface area contributed by atoms with Gasteiger partial charge in [-0.25, -0.2) is 14.0 Å². The van der Waals surface area contributed by atoms with Crippen LogP contribution in [0.2, 0.25) is 0 Å². The fourth-order valence-electron chi connectivity index (χ4n) is 2.83. The highest BCUT2D eigenvalue weighted by molar-refractivity contribution is 6.00. The van der Waals surface area contributed by atoms with Crippen molar-refractivity contribution in [1.29, 1.82) is 0 Å². The summed E-state index contributed by atoms with van der Waals surface area (Å²) < 4.78 is 7.82. The van der Waals surface area contributed by atoms with Crippen LogP contribution in [0.25, 0.3) is 5.69 Å². The second-order valence-corrected chi connectivity index (χ2v) is 6.44. The third kappa shape index (κ3) is 4.26. The molecule has 150 valence electrons. The Kier molecular flexibility index (Phi) is 5.92. The number of aromatic nitrogens is 3. The minimum absolute atomic E-state index is 0.0140. The third-order valence-corrected chi connectivity index (χ3v) is 4.44. The summed E-state index contributed by atoms with van der Waals surface area (Å²) in [5.74, 6) is 0.0140. The molecule has 0 aliphatic carbocycles. The summed E-state index contributed by atoms with van der Waals surface area (Å²) >= 11 is 0. The molecule has 0 bridgehead atoms. The van der Waals surface area contributed by atoms with E-state index in [-0.39, 0.29) is 24.1 Å². The highest BCUT2D eigenvalue weighted by atomic mass is 16.6. The Labute approximate surface area is 168 Å². The molecule has 8 nitrogen and oxygen atoms in total. The monoisotopic (exact) mass is 394 g/mol. The molecular weight excluding hydrogens is 372 g/mol. The van der Waals surface area contributed by atoms with Crippen molar-refractivity contribution in [2.45, 2.75) is 20.5 Å². The first-order valence-corrected chi connectivity index (χ1v) is 8.98. The van der Waals surface area contributed by atoms with E-state index < -0.39 is 0 Å². The summed E-state index contributed by atoms with van der Waals surface area (Å²) in [7, 11) is 3.02. The molecule has 0 N–H and O–H groups in total. The number of hydrogen-bond donors (Lipinski definition) is 0. The number of oxime groups is 1. The maximum absolute atomic E-state index is 12.4. The number of methoxy groups -OCH3 is 1. The molecule has 0 radical (unpaired) electrons. The van der Waals surface area contributed by atoms with Gasteiger partial charge in [0, 0.05) is 18.2 Å². The van der Waals surface area contributed by atoms with Gasteiger partial charge in [-0.2, -0.15) is 0 Å². The van der Waals surface area contributed by atoms with Gasteiger partial charge in [0.2, 0.25) is 0 Å². The molecule has 3 aromatic rings. The topological polar surface area (TPSA) is 87.7 Å². The Morgan fingerprint density at radius 1 is 1.07 bits per heavy atom. The van der Waals surface area contributed by atoms with E-state index in [9.17, 15) is 9.59 Å². The highest BCUT2D eigenvalue weighted by Crippen LogP contribution is 2.19. The average Bonchev–Trinajstić information content (AvgIpc) is 3.02. The van der Waals surface area contributed by atoms with Crippen LogP contribution >= 0.6 is 0 Å². The van der Waals surface area contributed by atoms with Gasteiger partial charge in [-0.15, -0.1) is 5.10 Å². The van der Waals surface area contributed by atoms with Gasteiger partial charge in [-0.3, -0.25) is 4.79 Å². The number of carbonyl (C=O) groups is 1. The Morgan fingerprint density at radius 2 is 1.72 bits per heavy atom. The third-order valence-electron chi connectivity index (χ3n) is 4.44. The van der Waals surface area contributed by atoms with Crippen LogP contribution in [0.5, 0.6) is 6.01 Å². The van der Waals surface area contributed by atoms with E-state index in [0.29, 0.717) is 17.0 Å². The number of carbonyl (C=O) groups excluding carboxylic acids is 1. The zero-order valence-electron chi connectivity index (χ0n) is 16.7. The number of Topliss-reactive ketones (excluding diaryl/α,β-unsaturated/α-hetero) is 1. The van der Waals surface area contributed by atoms with Gasteiger partial charge in [-0.05, 0) is 25.5 Å². The Morgan fingerprint density at radius 3 is 2.38 bits per heavy atom. The van der Waals surface area contributed by atoms with E-state index in [1.165, 1.54) is 23.3 Å². The van der Waals surface area contributed by atoms with Crippen molar-refractivity contribution in [3.8, 4) is 11.7 Å². The van der Waals surface area contributed by atoms with Crippen molar-refractivity contribution in [2.75, 3.05) is 7.11 Å². The fourth-order valence-corrected chi connectivity index (χ4v) is 2.83. The van der Waals surface area contributed by atoms with Crippen LogP contribution in [-0.4, -0.2) is 33.0 Å². The summed E-state index contributed by atoms with van der Waals surface area (Å²) in [6, 6.07) is 14.7. The molecule has 3 rings (SSSR count). The molecule has 0 amide bonds. The number of ketones is 1. The van der Waals surface area contributed by atoms with E-state index >= 15 is 0 Å². The zero-order valence-corrected chi connectivity index (χ0v) is 16.7. The predicted molar refractivity (Wildman–Crippen MR) is 109 cm³/mol. The fraction of sp³-hybridized carbons (Fsp3) is 0.238. The molecule has 0 saturated carbocycles. The van der Waals surface area contributed by atoms with Crippen molar-refractivity contribution in [3.63, 3.8) is 0 Å². The number of ether oxygens (including phenoxy) is 1. The smallest absolute Gasteiger partial charge is 0.353 e. The van der Waals surface area contributed by atoms with Gasteiger partial charge in [0.05, 0.1) is 18.5 Å². The lowest BCUT2D eigenvalue weighted by molar-refractivity contribution is 0.101. The molecule has 29 heavy (non-hydrogen) atoms. The van der Waals surface area contributed by atoms with Crippen LogP contribution in [0.3, 0.4) is 0 Å². The molecule has 1 aromatic heterocycles. The summed E-state index contributed by atoms with van der Waals surface area (Å²) in [5, 5.41) is 8.23. The van der Waals surface area contributed by atoms with Crippen LogP contribution in [0, 0.1) is 0 Å². The molecule has 0 atom stereocenters. The highest BCUT2D eigenvalue weighted by Gasteiger charge is 2.16. The molecule has 0 saturated heterocycles. The lowest BCUT2D eigenvalue weighted by Gasteiger charge is -2.10. The van der Waals surface area contributed by atoms with Crippen molar-refractivity contribution in [1.82, 2.24) is 14.3 Å². The molecule has 1 heterocycles. The van der Waals surface area contributed by atoms with Crippen molar-refractivity contribution in [3.05, 3.63) is 75.7 Å². The predicted octanol–water partition coefficient (Wildman–Crippen LogP) is 2.72. The van der Waals surface area contributed by atoms with E-state index in [1.807, 2.05) is 37.3 Å². The first kappa shape index (κ1) is 20.1.